The molecule has 0 aliphatic heterocycles. The molecule has 6 N–H and O–H groups in total. The summed E-state index contributed by atoms with van der Waals surface area (Å²) in [4.78, 5) is 57.1. The lowest BCUT2D eigenvalue weighted by Crippen LogP contribution is -2.40. The molecule has 2 aromatic heterocycles. The lowest BCUT2D eigenvalue weighted by atomic mass is 9.88. The Morgan fingerprint density at radius 3 is 1.38 bits per heavy atom. The van der Waals surface area contributed by atoms with Crippen LogP contribution in [0.2, 0.25) is 0 Å². The largest absolute Gasteiger partial charge is 0.447 e. The molecule has 2 aliphatic rings. The molecule has 0 saturated heterocycles. The Kier molecular flexibility index (Phi) is 25.2. The maximum absolute atomic E-state index is 13.4. The van der Waals surface area contributed by atoms with Crippen molar-refractivity contribution in [1.82, 2.24) is 30.0 Å². The predicted octanol–water partition coefficient (Wildman–Crippen LogP) is 13.1. The van der Waals surface area contributed by atoms with E-state index in [2.05, 4.69) is 56.6 Å². The summed E-state index contributed by atoms with van der Waals surface area (Å²) in [7, 11) is -7.61. The summed E-state index contributed by atoms with van der Waals surface area (Å²) < 4.78 is 79.2. The van der Waals surface area contributed by atoms with Crippen LogP contribution in [0.15, 0.2) is 62.4 Å². The molecule has 20 nitrogen and oxygen atoms in total. The van der Waals surface area contributed by atoms with Gasteiger partial charge in [-0.3, -0.25) is 10.6 Å². The minimum Gasteiger partial charge on any atom is -0.447 e. The molecule has 0 radical (unpaired) electrons. The SMILES string of the molecule is CC(C)NC(=O)OC1CCC(c2ncc(-c3ccc(NC(=O)OC(C)C)cc3S(=O)(=O)NC(C)(C)C)s2)CC1.CC(C)NC(=O)OC1CCC(c2ncc(Br)s2)CC1.Cc1ccc(NC(=O)OC(C)C)cc1S(=O)(=O)NC(C)(C)C. The number of amides is 4. The molecule has 0 bridgehead atoms. The number of ether oxygens (including phenoxy) is 4. The van der Waals surface area contributed by atoms with Crippen molar-refractivity contribution in [2.24, 2.45) is 0 Å². The number of anilines is 2. The van der Waals surface area contributed by atoms with Gasteiger partial charge in [0.05, 0.1) is 46.9 Å². The zero-order valence-electron chi connectivity index (χ0n) is 48.7. The third kappa shape index (κ3) is 23.5. The van der Waals surface area contributed by atoms with Gasteiger partial charge in [-0.2, -0.15) is 0 Å². The minimum absolute atomic E-state index is 0.0218. The first-order chi connectivity index (χ1) is 37.1. The topological polar surface area (TPSA) is 271 Å². The molecular weight excluding hydrogens is 1170 g/mol. The second-order valence-electron chi connectivity index (χ2n) is 23.0. The molecule has 2 saturated carbocycles. The van der Waals surface area contributed by atoms with E-state index in [1.807, 2.05) is 33.9 Å². The molecule has 0 unspecified atom stereocenters. The Bertz CT molecular complexity index is 2920. The van der Waals surface area contributed by atoms with Crippen molar-refractivity contribution in [1.29, 1.82) is 0 Å². The number of hydrogen-bond acceptors (Lipinski definition) is 16. The second kappa shape index (κ2) is 29.9. The van der Waals surface area contributed by atoms with Crippen LogP contribution in [0.25, 0.3) is 10.4 Å². The predicted molar refractivity (Wildman–Crippen MR) is 319 cm³/mol. The van der Waals surface area contributed by atoms with Gasteiger partial charge < -0.3 is 29.6 Å². The molecule has 2 aliphatic carbocycles. The zero-order valence-corrected chi connectivity index (χ0v) is 53.6. The molecule has 4 amide bonds. The van der Waals surface area contributed by atoms with Crippen molar-refractivity contribution < 1.29 is 55.0 Å². The lowest BCUT2D eigenvalue weighted by molar-refractivity contribution is 0.0692. The van der Waals surface area contributed by atoms with E-state index < -0.39 is 49.4 Å². The number of nitrogens with zero attached hydrogens (tertiary/aromatic N) is 2. The monoisotopic (exact) mass is 1250 g/mol. The van der Waals surface area contributed by atoms with Crippen LogP contribution in [0.5, 0.6) is 0 Å². The maximum atomic E-state index is 13.4. The van der Waals surface area contributed by atoms with Gasteiger partial charge in [-0.05, 0) is 201 Å². The van der Waals surface area contributed by atoms with Crippen molar-refractivity contribution in [2.45, 2.75) is 224 Å². The Morgan fingerprint density at radius 2 is 0.975 bits per heavy atom. The van der Waals surface area contributed by atoms with Gasteiger partial charge in [-0.25, -0.2) is 55.4 Å². The van der Waals surface area contributed by atoms with E-state index in [0.29, 0.717) is 33.3 Å². The molecular formula is C55H83BrN8O12S4. The molecule has 80 heavy (non-hydrogen) atoms. The van der Waals surface area contributed by atoms with Crippen LogP contribution < -0.4 is 30.7 Å². The highest BCUT2D eigenvalue weighted by Crippen LogP contribution is 2.41. The summed E-state index contributed by atoms with van der Waals surface area (Å²) in [6.07, 6.45) is 8.02. The van der Waals surface area contributed by atoms with Gasteiger partial charge in [0.15, 0.2) is 0 Å². The minimum atomic E-state index is -3.94. The highest BCUT2D eigenvalue weighted by molar-refractivity contribution is 9.11. The molecule has 4 aromatic rings. The fraction of sp³-hybridized carbons (Fsp3) is 0.600. The van der Waals surface area contributed by atoms with Gasteiger partial charge in [-0.15, -0.1) is 22.7 Å². The number of hydrogen-bond donors (Lipinski definition) is 6. The van der Waals surface area contributed by atoms with Crippen LogP contribution in [-0.2, 0) is 39.0 Å². The lowest BCUT2D eigenvalue weighted by Gasteiger charge is -2.27. The van der Waals surface area contributed by atoms with Gasteiger partial charge in [-0.1, -0.05) is 12.1 Å². The number of halogens is 1. The number of rotatable bonds is 15. The van der Waals surface area contributed by atoms with Crippen molar-refractivity contribution in [2.75, 3.05) is 10.6 Å². The number of aryl methyl sites for hydroxylation is 1. The van der Waals surface area contributed by atoms with E-state index >= 15 is 0 Å². The van der Waals surface area contributed by atoms with Crippen LogP contribution in [0, 0.1) is 6.92 Å². The molecule has 2 heterocycles. The first kappa shape index (κ1) is 67.6. The van der Waals surface area contributed by atoms with Crippen molar-refractivity contribution in [3.63, 3.8) is 0 Å². The Morgan fingerprint density at radius 1 is 0.575 bits per heavy atom. The summed E-state index contributed by atoms with van der Waals surface area (Å²) in [5.41, 5.74) is 0.474. The van der Waals surface area contributed by atoms with E-state index in [4.69, 9.17) is 18.9 Å². The summed E-state index contributed by atoms with van der Waals surface area (Å²) in [6.45, 7) is 26.9. The number of benzene rings is 2. The number of nitrogens with one attached hydrogen (secondary N) is 6. The summed E-state index contributed by atoms with van der Waals surface area (Å²) in [5.74, 6) is 0.723. The van der Waals surface area contributed by atoms with E-state index in [0.717, 1.165) is 60.2 Å². The zero-order chi connectivity index (χ0) is 59.9. The highest BCUT2D eigenvalue weighted by Gasteiger charge is 2.31. The van der Waals surface area contributed by atoms with Crippen molar-refractivity contribution in [3.05, 3.63) is 68.2 Å². The molecule has 446 valence electrons. The first-order valence-corrected chi connectivity index (χ1v) is 32.3. The normalized spacial score (nSPS) is 17.8. The fourth-order valence-corrected chi connectivity index (χ4v) is 14.3. The van der Waals surface area contributed by atoms with E-state index in [1.165, 1.54) is 28.5 Å². The second-order valence-corrected chi connectivity index (χ2v) is 29.8. The smallest absolute Gasteiger partial charge is 0.411 e. The molecule has 6 rings (SSSR count). The van der Waals surface area contributed by atoms with E-state index in [1.54, 1.807) is 118 Å². The van der Waals surface area contributed by atoms with Crippen LogP contribution in [0.1, 0.15) is 176 Å². The van der Waals surface area contributed by atoms with Gasteiger partial charge in [0, 0.05) is 58.1 Å². The Labute approximate surface area is 490 Å². The van der Waals surface area contributed by atoms with Crippen LogP contribution >= 0.6 is 38.6 Å². The quantitative estimate of drug-likeness (QED) is 0.0604. The molecule has 25 heteroatoms. The van der Waals surface area contributed by atoms with E-state index in [9.17, 15) is 36.0 Å². The average molecular weight is 1260 g/mol. The first-order valence-electron chi connectivity index (χ1n) is 26.9. The van der Waals surface area contributed by atoms with Crippen molar-refractivity contribution in [3.8, 4) is 10.4 Å². The highest BCUT2D eigenvalue weighted by atomic mass is 79.9. The standard InChI is InChI=1S/C27H40N4O6S2.C15H24N2O4S.C13H19BrN2O2S/c1-16(2)29-25(32)37-20-11-8-18(9-12-20)24-28-15-22(38-24)21-13-10-19(30-26(33)36-17(3)4)14-23(21)39(34,35)31-27(5,6)7;1-10(2)21-14(18)16-12-8-7-11(3)13(9-12)22(19,20)17-15(4,5)6;1-8(2)16-13(17)18-10-5-3-9(4-6-10)12-15-7-11(14)19-12/h10,13-18,20,31H,8-9,11-12H2,1-7H3,(H,29,32)(H,30,33);7-10,17H,1-6H3,(H,16,18);7-10H,3-6H2,1-2H3,(H,16,17). The van der Waals surface area contributed by atoms with Crippen LogP contribution in [-0.4, -0.2) is 98.8 Å². The van der Waals surface area contributed by atoms with Gasteiger partial charge in [0.1, 0.15) is 12.2 Å². The maximum Gasteiger partial charge on any atom is 0.411 e. The number of aromatic nitrogens is 2. The van der Waals surface area contributed by atoms with Crippen LogP contribution in [0.4, 0.5) is 30.6 Å². The molecule has 2 fully saturated rings. The molecule has 0 atom stereocenters. The Hall–Kier alpha value is -4.92. The van der Waals surface area contributed by atoms with E-state index in [-0.39, 0.29) is 58.3 Å². The van der Waals surface area contributed by atoms with Crippen molar-refractivity contribution >= 4 is 94.4 Å². The number of carbonyl (C=O) groups is 4. The third-order valence-corrected chi connectivity index (χ3v) is 18.0. The number of alkyl carbamates (subject to hydrolysis) is 2. The van der Waals surface area contributed by atoms with Gasteiger partial charge >= 0.3 is 24.4 Å². The van der Waals surface area contributed by atoms with Gasteiger partial charge in [0.25, 0.3) is 0 Å². The van der Waals surface area contributed by atoms with Crippen LogP contribution in [0.3, 0.4) is 0 Å². The number of thiazole rings is 2. The summed E-state index contributed by atoms with van der Waals surface area (Å²) >= 11 is 6.60. The molecule has 0 spiro atoms. The summed E-state index contributed by atoms with van der Waals surface area (Å²) in [5, 5.41) is 12.8. The average Bonchev–Trinajstić information content (AvgIpc) is 4.00. The summed E-state index contributed by atoms with van der Waals surface area (Å²) in [6, 6.07) is 9.61. The number of sulfonamides is 2. The molecule has 2 aromatic carbocycles. The number of carbonyl (C=O) groups excluding carboxylic acids is 4. The fourth-order valence-electron chi connectivity index (χ4n) is 8.39. The Balaban J connectivity index is 0.000000283. The third-order valence-electron chi connectivity index (χ3n) is 11.5. The van der Waals surface area contributed by atoms with Gasteiger partial charge in [0.2, 0.25) is 20.0 Å².